The van der Waals surface area contributed by atoms with Crippen molar-refractivity contribution >= 4 is 42.6 Å². The van der Waals surface area contributed by atoms with Crippen LogP contribution in [-0.4, -0.2) is 28.9 Å². The number of hydrogen-bond donors (Lipinski definition) is 2. The van der Waals surface area contributed by atoms with Gasteiger partial charge in [0, 0.05) is 12.6 Å². The van der Waals surface area contributed by atoms with Crippen LogP contribution in [0.2, 0.25) is 10.0 Å². The van der Waals surface area contributed by atoms with Crippen molar-refractivity contribution in [2.45, 2.75) is 38.3 Å². The van der Waals surface area contributed by atoms with Gasteiger partial charge in [-0.15, -0.1) is 0 Å². The molecule has 3 rings (SSSR count). The molecule has 196 valence electrons. The number of hydrogen-bond acceptors (Lipinski definition) is 5. The number of carbonyl (C=O) groups excluding carboxylic acids is 2. The molecule has 2 unspecified atom stereocenters. The van der Waals surface area contributed by atoms with Crippen molar-refractivity contribution in [2.24, 2.45) is 0 Å². The van der Waals surface area contributed by atoms with Crippen LogP contribution in [0, 0.1) is 0 Å². The minimum absolute atomic E-state index is 0.00758. The van der Waals surface area contributed by atoms with Crippen LogP contribution in [0.1, 0.15) is 29.5 Å². The van der Waals surface area contributed by atoms with Gasteiger partial charge in [0.2, 0.25) is 7.37 Å². The van der Waals surface area contributed by atoms with E-state index in [1.807, 2.05) is 48.5 Å². The fourth-order valence-electron chi connectivity index (χ4n) is 3.52. The Morgan fingerprint density at radius 3 is 2.08 bits per heavy atom. The van der Waals surface area contributed by atoms with Gasteiger partial charge in [0.15, 0.2) is 0 Å². The van der Waals surface area contributed by atoms with Crippen LogP contribution in [0.15, 0.2) is 78.9 Å². The largest absolute Gasteiger partial charge is 0.461 e. The van der Waals surface area contributed by atoms with Gasteiger partial charge in [-0.1, -0.05) is 96.0 Å². The molecule has 0 spiro atoms. The molecule has 1 amide bonds. The van der Waals surface area contributed by atoms with Gasteiger partial charge in [0.25, 0.3) is 0 Å². The molecule has 0 saturated carbocycles. The highest BCUT2D eigenvalue weighted by Gasteiger charge is 2.33. The number of halogens is 2. The van der Waals surface area contributed by atoms with Crippen LogP contribution < -0.4 is 5.32 Å². The Kier molecular flexibility index (Phi) is 11.0. The van der Waals surface area contributed by atoms with E-state index in [0.29, 0.717) is 15.6 Å². The molecule has 0 heterocycles. The van der Waals surface area contributed by atoms with Crippen molar-refractivity contribution in [3.63, 3.8) is 0 Å². The fraction of sp³-hybridized carbons (Fsp3) is 0.259. The molecule has 0 aliphatic rings. The average molecular weight is 564 g/mol. The molecule has 3 aromatic carbocycles. The molecule has 0 aliphatic carbocycles. The molecule has 3 aromatic rings. The minimum Gasteiger partial charge on any atom is -0.461 e. The van der Waals surface area contributed by atoms with E-state index in [-0.39, 0.29) is 38.6 Å². The molecule has 10 heteroatoms. The molecule has 0 saturated heterocycles. The molecule has 0 aliphatic heterocycles. The van der Waals surface area contributed by atoms with Crippen molar-refractivity contribution in [3.05, 3.63) is 106 Å². The maximum absolute atomic E-state index is 13.3. The topological polar surface area (TPSA) is 102 Å². The number of benzene rings is 3. The van der Waals surface area contributed by atoms with E-state index in [1.54, 1.807) is 30.3 Å². The van der Waals surface area contributed by atoms with E-state index in [2.05, 4.69) is 5.32 Å². The molecule has 0 aromatic heterocycles. The third kappa shape index (κ3) is 9.52. The van der Waals surface area contributed by atoms with Gasteiger partial charge in [-0.25, -0.2) is 4.79 Å². The Morgan fingerprint density at radius 2 is 1.46 bits per heavy atom. The van der Waals surface area contributed by atoms with Gasteiger partial charge in [-0.2, -0.15) is 0 Å². The zero-order valence-corrected chi connectivity index (χ0v) is 22.4. The average Bonchev–Trinajstić information content (AvgIpc) is 2.90. The number of amides is 1. The lowest BCUT2D eigenvalue weighted by Gasteiger charge is -2.24. The summed E-state index contributed by atoms with van der Waals surface area (Å²) >= 11 is 12.3. The molecular formula is C27H28Cl2NO6P. The van der Waals surface area contributed by atoms with E-state index in [9.17, 15) is 19.0 Å². The molecule has 0 bridgehead atoms. The molecule has 0 radical (unpaired) electrons. The number of esters is 1. The fourth-order valence-corrected chi connectivity index (χ4v) is 5.65. The Morgan fingerprint density at radius 1 is 0.865 bits per heavy atom. The Balaban J connectivity index is 1.63. The van der Waals surface area contributed by atoms with E-state index in [1.165, 1.54) is 0 Å². The maximum atomic E-state index is 13.3. The lowest BCUT2D eigenvalue weighted by Crippen LogP contribution is -2.36. The van der Waals surface area contributed by atoms with Crippen molar-refractivity contribution in [1.29, 1.82) is 0 Å². The monoisotopic (exact) mass is 563 g/mol. The van der Waals surface area contributed by atoms with Gasteiger partial charge in [0.1, 0.15) is 19.0 Å². The summed E-state index contributed by atoms with van der Waals surface area (Å²) in [5.41, 5.74) is 2.19. The highest BCUT2D eigenvalue weighted by atomic mass is 35.5. The summed E-state index contributed by atoms with van der Waals surface area (Å²) in [5, 5.41) is 3.12. The first-order chi connectivity index (χ1) is 17.7. The van der Waals surface area contributed by atoms with Crippen LogP contribution >= 0.6 is 30.6 Å². The smallest absolute Gasteiger partial charge is 0.408 e. The summed E-state index contributed by atoms with van der Waals surface area (Å²) in [6.07, 6.45) is -1.16. The number of rotatable bonds is 12. The summed E-state index contributed by atoms with van der Waals surface area (Å²) in [6, 6.07) is 23.2. The SMILES string of the molecule is O=C(CCC(NC(=O)OCc1ccccc1)P(=O)(O)CCc1cccc(Cl)c1Cl)OCc1ccccc1. The number of ether oxygens (including phenoxy) is 2. The predicted octanol–water partition coefficient (Wildman–Crippen LogP) is 6.58. The van der Waals surface area contributed by atoms with Crippen LogP contribution in [0.5, 0.6) is 0 Å². The number of alkyl carbamates (subject to hydrolysis) is 1. The zero-order chi connectivity index (χ0) is 26.7. The normalized spacial score (nSPS) is 13.3. The van der Waals surface area contributed by atoms with Crippen LogP contribution in [0.25, 0.3) is 0 Å². The second-order valence-electron chi connectivity index (χ2n) is 8.35. The van der Waals surface area contributed by atoms with Crippen molar-refractivity contribution < 1.29 is 28.5 Å². The summed E-state index contributed by atoms with van der Waals surface area (Å²) in [5.74, 6) is -1.77. The van der Waals surface area contributed by atoms with Gasteiger partial charge < -0.3 is 19.7 Å². The van der Waals surface area contributed by atoms with Crippen LogP contribution in [0.4, 0.5) is 4.79 Å². The minimum atomic E-state index is -4.01. The first-order valence-corrected chi connectivity index (χ1v) is 14.3. The number of nitrogens with one attached hydrogen (secondary N) is 1. The second kappa shape index (κ2) is 14.2. The molecule has 37 heavy (non-hydrogen) atoms. The Hall–Kier alpha value is -2.83. The molecule has 7 nitrogen and oxygen atoms in total. The number of carbonyl (C=O) groups is 2. The van der Waals surface area contributed by atoms with Crippen LogP contribution in [0.3, 0.4) is 0 Å². The van der Waals surface area contributed by atoms with Crippen molar-refractivity contribution in [1.82, 2.24) is 5.32 Å². The third-order valence-corrected chi connectivity index (χ3v) is 8.67. The van der Waals surface area contributed by atoms with Crippen molar-refractivity contribution in [2.75, 3.05) is 6.16 Å². The quantitative estimate of drug-likeness (QED) is 0.190. The van der Waals surface area contributed by atoms with Gasteiger partial charge in [-0.05, 0) is 35.6 Å². The Labute approximate surface area is 226 Å². The van der Waals surface area contributed by atoms with E-state index >= 15 is 0 Å². The standard InChI is InChI=1S/C27H28Cl2NO6P/c28-23-13-7-12-22(26(23)29)16-17-37(33,34)24(30-27(32)36-19-21-10-5-2-6-11-21)14-15-25(31)35-18-20-8-3-1-4-9-20/h1-13,24H,14-19H2,(H,30,32)(H,33,34). The van der Waals surface area contributed by atoms with E-state index in [4.69, 9.17) is 32.7 Å². The molecule has 2 atom stereocenters. The highest BCUT2D eigenvalue weighted by Crippen LogP contribution is 2.48. The summed E-state index contributed by atoms with van der Waals surface area (Å²) < 4.78 is 23.8. The van der Waals surface area contributed by atoms with Crippen LogP contribution in [-0.2, 0) is 38.5 Å². The summed E-state index contributed by atoms with van der Waals surface area (Å²) in [7, 11) is -4.01. The second-order valence-corrected chi connectivity index (χ2v) is 11.7. The van der Waals surface area contributed by atoms with Crippen molar-refractivity contribution in [3.8, 4) is 0 Å². The lowest BCUT2D eigenvalue weighted by atomic mass is 10.2. The van der Waals surface area contributed by atoms with E-state index in [0.717, 1.165) is 11.1 Å². The summed E-state index contributed by atoms with van der Waals surface area (Å²) in [4.78, 5) is 35.7. The lowest BCUT2D eigenvalue weighted by molar-refractivity contribution is -0.145. The van der Waals surface area contributed by atoms with Gasteiger partial charge in [-0.3, -0.25) is 9.36 Å². The predicted molar refractivity (Wildman–Crippen MR) is 144 cm³/mol. The third-order valence-electron chi connectivity index (χ3n) is 5.58. The molecule has 2 N–H and O–H groups in total. The Bertz CT molecular complexity index is 1230. The first-order valence-electron chi connectivity index (χ1n) is 11.7. The molecule has 0 fully saturated rings. The highest BCUT2D eigenvalue weighted by molar-refractivity contribution is 7.58. The van der Waals surface area contributed by atoms with E-state index < -0.39 is 25.2 Å². The van der Waals surface area contributed by atoms with Gasteiger partial charge >= 0.3 is 12.1 Å². The number of aryl methyl sites for hydroxylation is 1. The maximum Gasteiger partial charge on any atom is 0.408 e. The summed E-state index contributed by atoms with van der Waals surface area (Å²) in [6.45, 7) is 0.0767. The molecular weight excluding hydrogens is 536 g/mol. The van der Waals surface area contributed by atoms with Gasteiger partial charge in [0.05, 0.1) is 10.0 Å². The first kappa shape index (κ1) is 28.7. The zero-order valence-electron chi connectivity index (χ0n) is 20.0.